The van der Waals surface area contributed by atoms with E-state index in [1.165, 1.54) is 0 Å². The van der Waals surface area contributed by atoms with Crippen molar-refractivity contribution in [2.75, 3.05) is 19.7 Å². The molecule has 6 heteroatoms. The normalized spacial score (nSPS) is 25.2. The summed E-state index contributed by atoms with van der Waals surface area (Å²) in [4.78, 5) is 19.1. The minimum Gasteiger partial charge on any atom is -0.440 e. The van der Waals surface area contributed by atoms with Crippen molar-refractivity contribution in [2.24, 2.45) is 0 Å². The van der Waals surface area contributed by atoms with Crippen LogP contribution in [0.25, 0.3) is 11.1 Å². The number of oxazole rings is 1. The number of carbonyl (C=O) groups is 1. The Kier molecular flexibility index (Phi) is 4.61. The second kappa shape index (κ2) is 7.04. The van der Waals surface area contributed by atoms with Gasteiger partial charge in [-0.2, -0.15) is 0 Å². The number of ether oxygens (including phenoxy) is 1. The molecule has 3 atom stereocenters. The number of urea groups is 1. The van der Waals surface area contributed by atoms with Gasteiger partial charge in [-0.1, -0.05) is 12.1 Å². The van der Waals surface area contributed by atoms with E-state index in [4.69, 9.17) is 9.15 Å². The topological polar surface area (TPSA) is 67.6 Å². The Morgan fingerprint density at radius 3 is 3.00 bits per heavy atom. The van der Waals surface area contributed by atoms with Crippen LogP contribution in [0, 0.1) is 0 Å². The van der Waals surface area contributed by atoms with E-state index >= 15 is 0 Å². The third-order valence-corrected chi connectivity index (χ3v) is 5.24. The maximum absolute atomic E-state index is 12.6. The van der Waals surface area contributed by atoms with Gasteiger partial charge in [-0.15, -0.1) is 0 Å². The Hall–Kier alpha value is -2.08. The molecule has 1 N–H and O–H groups in total. The Morgan fingerprint density at radius 1 is 1.32 bits per heavy atom. The number of amides is 2. The molecule has 2 aliphatic rings. The summed E-state index contributed by atoms with van der Waals surface area (Å²) >= 11 is 0. The highest BCUT2D eigenvalue weighted by Gasteiger charge is 2.30. The first kappa shape index (κ1) is 16.4. The van der Waals surface area contributed by atoms with E-state index in [0.29, 0.717) is 6.54 Å². The molecule has 25 heavy (non-hydrogen) atoms. The van der Waals surface area contributed by atoms with Crippen LogP contribution < -0.4 is 5.32 Å². The van der Waals surface area contributed by atoms with Crippen LogP contribution in [0.4, 0.5) is 4.79 Å². The minimum absolute atomic E-state index is 0.0104. The second-order valence-electron chi connectivity index (χ2n) is 7.09. The second-order valence-corrected chi connectivity index (χ2v) is 7.09. The predicted octanol–water partition coefficient (Wildman–Crippen LogP) is 3.28. The first-order valence-electron chi connectivity index (χ1n) is 9.23. The van der Waals surface area contributed by atoms with Crippen molar-refractivity contribution in [1.82, 2.24) is 15.2 Å². The van der Waals surface area contributed by atoms with E-state index in [9.17, 15) is 4.79 Å². The van der Waals surface area contributed by atoms with Gasteiger partial charge in [-0.25, -0.2) is 9.78 Å². The third-order valence-electron chi connectivity index (χ3n) is 5.24. The van der Waals surface area contributed by atoms with Gasteiger partial charge in [-0.3, -0.25) is 0 Å². The number of piperidine rings is 1. The number of benzene rings is 1. The van der Waals surface area contributed by atoms with Crippen molar-refractivity contribution < 1.29 is 13.9 Å². The van der Waals surface area contributed by atoms with E-state index in [1.807, 2.05) is 36.1 Å². The van der Waals surface area contributed by atoms with Crippen molar-refractivity contribution in [3.05, 3.63) is 30.2 Å². The molecule has 4 rings (SSSR count). The number of hydrogen-bond acceptors (Lipinski definition) is 4. The molecule has 3 heterocycles. The zero-order valence-corrected chi connectivity index (χ0v) is 14.6. The summed E-state index contributed by atoms with van der Waals surface area (Å²) in [5, 5.41) is 3.10. The van der Waals surface area contributed by atoms with E-state index in [2.05, 4.69) is 10.3 Å². The average molecular weight is 343 g/mol. The van der Waals surface area contributed by atoms with Gasteiger partial charge in [0.2, 0.25) is 0 Å². The molecule has 134 valence electrons. The molecule has 0 aliphatic carbocycles. The summed E-state index contributed by atoms with van der Waals surface area (Å²) in [5.74, 6) is 0.899. The molecule has 2 aromatic rings. The first-order chi connectivity index (χ1) is 12.2. The van der Waals surface area contributed by atoms with Crippen molar-refractivity contribution >= 4 is 17.1 Å². The molecule has 0 bridgehead atoms. The Labute approximate surface area is 147 Å². The van der Waals surface area contributed by atoms with Gasteiger partial charge in [-0.05, 0) is 44.7 Å². The van der Waals surface area contributed by atoms with Crippen molar-refractivity contribution in [3.8, 4) is 0 Å². The van der Waals surface area contributed by atoms with Gasteiger partial charge in [0.25, 0.3) is 0 Å². The zero-order chi connectivity index (χ0) is 17.2. The molecule has 1 aromatic carbocycles. The Balaban J connectivity index is 1.40. The van der Waals surface area contributed by atoms with Gasteiger partial charge >= 0.3 is 6.03 Å². The first-order valence-corrected chi connectivity index (χ1v) is 9.23. The number of nitrogens with zero attached hydrogens (tertiary/aromatic N) is 2. The van der Waals surface area contributed by atoms with Crippen LogP contribution >= 0.6 is 0 Å². The van der Waals surface area contributed by atoms with Gasteiger partial charge < -0.3 is 19.4 Å². The van der Waals surface area contributed by atoms with Crippen LogP contribution in [0.1, 0.15) is 44.4 Å². The molecule has 0 spiro atoms. The lowest BCUT2D eigenvalue weighted by Crippen LogP contribution is -2.50. The average Bonchev–Trinajstić information content (AvgIpc) is 3.31. The van der Waals surface area contributed by atoms with Crippen LogP contribution in [0.3, 0.4) is 0 Å². The Bertz CT molecular complexity index is 705. The number of para-hydroxylation sites is 2. The van der Waals surface area contributed by atoms with E-state index < -0.39 is 0 Å². The smallest absolute Gasteiger partial charge is 0.317 e. The Morgan fingerprint density at radius 2 is 2.20 bits per heavy atom. The number of nitrogens with one attached hydrogen (secondary N) is 1. The quantitative estimate of drug-likeness (QED) is 0.929. The highest BCUT2D eigenvalue weighted by atomic mass is 16.5. The molecular weight excluding hydrogens is 318 g/mol. The van der Waals surface area contributed by atoms with E-state index in [1.54, 1.807) is 0 Å². The number of fused-ring (bicyclic) bond motifs is 1. The monoisotopic (exact) mass is 343 g/mol. The van der Waals surface area contributed by atoms with Gasteiger partial charge in [0.05, 0.1) is 18.1 Å². The largest absolute Gasteiger partial charge is 0.440 e. The molecule has 6 nitrogen and oxygen atoms in total. The standard InChI is InChI=1S/C19H25N3O3/c1-13(16-9-5-11-24-16)20-19(23)22-10-4-6-14(12-22)18-21-15-7-2-3-8-17(15)25-18/h2-3,7-8,13-14,16H,4-6,9-12H2,1H3,(H,20,23). The molecule has 3 unspecified atom stereocenters. The fourth-order valence-corrected chi connectivity index (χ4v) is 3.80. The van der Waals surface area contributed by atoms with Gasteiger partial charge in [0, 0.05) is 19.7 Å². The van der Waals surface area contributed by atoms with Crippen molar-refractivity contribution in [1.29, 1.82) is 0 Å². The molecule has 2 saturated heterocycles. The van der Waals surface area contributed by atoms with Crippen LogP contribution in [0.15, 0.2) is 28.7 Å². The van der Waals surface area contributed by atoms with Crippen LogP contribution in [-0.4, -0.2) is 47.8 Å². The van der Waals surface area contributed by atoms with Crippen LogP contribution in [-0.2, 0) is 4.74 Å². The van der Waals surface area contributed by atoms with Gasteiger partial charge in [0.15, 0.2) is 11.5 Å². The molecule has 0 saturated carbocycles. The lowest BCUT2D eigenvalue weighted by atomic mass is 9.98. The van der Waals surface area contributed by atoms with Crippen LogP contribution in [0.5, 0.6) is 0 Å². The van der Waals surface area contributed by atoms with E-state index in [-0.39, 0.29) is 24.1 Å². The zero-order valence-electron chi connectivity index (χ0n) is 14.6. The van der Waals surface area contributed by atoms with Gasteiger partial charge in [0.1, 0.15) is 5.52 Å². The SMILES string of the molecule is CC(NC(=O)N1CCCC(c2nc3ccccc3o2)C1)C1CCCO1. The molecule has 2 aliphatic heterocycles. The summed E-state index contributed by atoms with van der Waals surface area (Å²) in [6.45, 7) is 4.25. The molecule has 2 fully saturated rings. The van der Waals surface area contributed by atoms with Crippen molar-refractivity contribution in [3.63, 3.8) is 0 Å². The highest BCUT2D eigenvalue weighted by molar-refractivity contribution is 5.75. The lowest BCUT2D eigenvalue weighted by Gasteiger charge is -2.33. The predicted molar refractivity (Wildman–Crippen MR) is 94.5 cm³/mol. The fourth-order valence-electron chi connectivity index (χ4n) is 3.80. The number of hydrogen-bond donors (Lipinski definition) is 1. The highest BCUT2D eigenvalue weighted by Crippen LogP contribution is 2.29. The summed E-state index contributed by atoms with van der Waals surface area (Å²) in [7, 11) is 0. The fraction of sp³-hybridized carbons (Fsp3) is 0.579. The minimum atomic E-state index is -0.0104. The number of carbonyl (C=O) groups excluding carboxylic acids is 1. The summed E-state index contributed by atoms with van der Waals surface area (Å²) < 4.78 is 11.6. The van der Waals surface area contributed by atoms with Crippen molar-refractivity contribution in [2.45, 2.75) is 50.7 Å². The molecule has 2 amide bonds. The lowest BCUT2D eigenvalue weighted by molar-refractivity contribution is 0.0821. The summed E-state index contributed by atoms with van der Waals surface area (Å²) in [6, 6.07) is 7.83. The number of aromatic nitrogens is 1. The molecule has 0 radical (unpaired) electrons. The third kappa shape index (κ3) is 3.49. The molecule has 1 aromatic heterocycles. The van der Waals surface area contributed by atoms with E-state index in [0.717, 1.165) is 55.8 Å². The summed E-state index contributed by atoms with van der Waals surface area (Å²) in [6.07, 6.45) is 4.20. The number of rotatable bonds is 3. The maximum atomic E-state index is 12.6. The number of likely N-dealkylation sites (tertiary alicyclic amines) is 1. The summed E-state index contributed by atoms with van der Waals surface area (Å²) in [5.41, 5.74) is 1.69. The maximum Gasteiger partial charge on any atom is 0.317 e. The van der Waals surface area contributed by atoms with Crippen LogP contribution in [0.2, 0.25) is 0 Å². The molecular formula is C19H25N3O3.